The molecule has 0 bridgehead atoms. The van der Waals surface area contributed by atoms with E-state index < -0.39 is 10.0 Å². The fourth-order valence-corrected chi connectivity index (χ4v) is 4.04. The molecule has 1 heterocycles. The Morgan fingerprint density at radius 1 is 1.08 bits per heavy atom. The van der Waals surface area contributed by atoms with Crippen LogP contribution in [0.15, 0.2) is 47.4 Å². The molecule has 2 aromatic carbocycles. The van der Waals surface area contributed by atoms with Gasteiger partial charge in [0.05, 0.1) is 22.5 Å². The number of imidazole rings is 1. The Bertz CT molecular complexity index is 928. The van der Waals surface area contributed by atoms with Gasteiger partial charge < -0.3 is 4.98 Å². The maximum Gasteiger partial charge on any atom is 0.241 e. The van der Waals surface area contributed by atoms with Gasteiger partial charge in [-0.1, -0.05) is 38.1 Å². The van der Waals surface area contributed by atoms with Crippen molar-refractivity contribution in [3.63, 3.8) is 0 Å². The van der Waals surface area contributed by atoms with E-state index in [1.54, 1.807) is 6.07 Å². The Kier molecular flexibility index (Phi) is 4.69. The molecular weight excluding hydrogens is 322 g/mol. The number of hydrogen-bond donors (Lipinski definition) is 2. The van der Waals surface area contributed by atoms with Crippen molar-refractivity contribution in [3.8, 4) is 0 Å². The molecule has 0 aliphatic carbocycles. The Balaban J connectivity index is 1.85. The number of aryl methyl sites for hydroxylation is 2. The molecule has 0 aliphatic rings. The second-order valence-electron chi connectivity index (χ2n) is 5.67. The third kappa shape index (κ3) is 3.34. The molecule has 0 amide bonds. The number of benzene rings is 2. The number of nitrogens with one attached hydrogen (secondary N) is 2. The van der Waals surface area contributed by atoms with Gasteiger partial charge in [-0.25, -0.2) is 18.1 Å². The monoisotopic (exact) mass is 343 g/mol. The third-order valence-electron chi connectivity index (χ3n) is 4.08. The van der Waals surface area contributed by atoms with Crippen LogP contribution in [-0.4, -0.2) is 18.4 Å². The molecule has 0 saturated heterocycles. The minimum atomic E-state index is -3.58. The highest BCUT2D eigenvalue weighted by atomic mass is 32.2. The summed E-state index contributed by atoms with van der Waals surface area (Å²) in [5.41, 5.74) is 3.56. The van der Waals surface area contributed by atoms with E-state index in [0.717, 1.165) is 28.6 Å². The standard InChI is InChI=1S/C18H21N3O2S/c1-3-13-9-10-14(4-2)17(11-13)24(22,23)19-12-18-20-15-7-5-6-8-16(15)21-18/h5-11,19H,3-4,12H2,1-2H3,(H,20,21). The van der Waals surface area contributed by atoms with Gasteiger partial charge in [-0.3, -0.25) is 0 Å². The summed E-state index contributed by atoms with van der Waals surface area (Å²) in [7, 11) is -3.58. The zero-order valence-corrected chi connectivity index (χ0v) is 14.7. The highest BCUT2D eigenvalue weighted by Crippen LogP contribution is 2.19. The molecule has 0 fully saturated rings. The van der Waals surface area contributed by atoms with E-state index in [0.29, 0.717) is 17.1 Å². The molecule has 1 aromatic heterocycles. The number of para-hydroxylation sites is 2. The van der Waals surface area contributed by atoms with Gasteiger partial charge in [0.25, 0.3) is 0 Å². The molecule has 2 N–H and O–H groups in total. The van der Waals surface area contributed by atoms with Crippen molar-refractivity contribution in [2.24, 2.45) is 0 Å². The van der Waals surface area contributed by atoms with E-state index in [1.807, 2.05) is 50.2 Å². The van der Waals surface area contributed by atoms with E-state index in [9.17, 15) is 8.42 Å². The van der Waals surface area contributed by atoms with E-state index in [2.05, 4.69) is 14.7 Å². The molecule has 0 aliphatic heterocycles. The van der Waals surface area contributed by atoms with Crippen LogP contribution in [0.25, 0.3) is 11.0 Å². The molecule has 0 saturated carbocycles. The van der Waals surface area contributed by atoms with Gasteiger partial charge in [-0.05, 0) is 42.2 Å². The van der Waals surface area contributed by atoms with Crippen molar-refractivity contribution in [1.29, 1.82) is 0 Å². The molecule has 0 spiro atoms. The van der Waals surface area contributed by atoms with Gasteiger partial charge >= 0.3 is 0 Å². The number of hydrogen-bond acceptors (Lipinski definition) is 3. The molecule has 126 valence electrons. The zero-order valence-electron chi connectivity index (χ0n) is 13.8. The summed E-state index contributed by atoms with van der Waals surface area (Å²) in [4.78, 5) is 7.90. The minimum Gasteiger partial charge on any atom is -0.341 e. The first kappa shape index (κ1) is 16.7. The molecule has 0 unspecified atom stereocenters. The van der Waals surface area contributed by atoms with Gasteiger partial charge in [-0.2, -0.15) is 0 Å². The van der Waals surface area contributed by atoms with Crippen molar-refractivity contribution >= 4 is 21.1 Å². The van der Waals surface area contributed by atoms with Gasteiger partial charge in [-0.15, -0.1) is 0 Å². The number of H-pyrrole nitrogens is 1. The number of aromatic nitrogens is 2. The zero-order chi connectivity index (χ0) is 17.2. The summed E-state index contributed by atoms with van der Waals surface area (Å²) in [6.45, 7) is 4.11. The van der Waals surface area contributed by atoms with Crippen LogP contribution in [0.1, 0.15) is 30.8 Å². The molecule has 5 nitrogen and oxygen atoms in total. The number of fused-ring (bicyclic) bond motifs is 1. The average Bonchev–Trinajstić information content (AvgIpc) is 3.02. The fraction of sp³-hybridized carbons (Fsp3) is 0.278. The molecule has 3 rings (SSSR count). The first-order chi connectivity index (χ1) is 11.5. The fourth-order valence-electron chi connectivity index (χ4n) is 2.69. The number of sulfonamides is 1. The summed E-state index contributed by atoms with van der Waals surface area (Å²) in [6.07, 6.45) is 1.47. The van der Waals surface area contributed by atoms with Crippen molar-refractivity contribution in [3.05, 3.63) is 59.4 Å². The quantitative estimate of drug-likeness (QED) is 0.722. The second kappa shape index (κ2) is 6.75. The van der Waals surface area contributed by atoms with Crippen LogP contribution in [0.5, 0.6) is 0 Å². The molecule has 24 heavy (non-hydrogen) atoms. The normalized spacial score (nSPS) is 11.9. The lowest BCUT2D eigenvalue weighted by Crippen LogP contribution is -2.25. The SMILES string of the molecule is CCc1ccc(CC)c(S(=O)(=O)NCc2nc3ccccc3[nH]2)c1. The molecule has 0 radical (unpaired) electrons. The van der Waals surface area contributed by atoms with Crippen LogP contribution in [0, 0.1) is 0 Å². The Labute approximate surface area is 142 Å². The average molecular weight is 343 g/mol. The highest BCUT2D eigenvalue weighted by Gasteiger charge is 2.18. The van der Waals surface area contributed by atoms with Gasteiger partial charge in [0.2, 0.25) is 10.0 Å². The van der Waals surface area contributed by atoms with E-state index in [1.165, 1.54) is 0 Å². The number of rotatable bonds is 6. The van der Waals surface area contributed by atoms with Crippen LogP contribution in [0.3, 0.4) is 0 Å². The van der Waals surface area contributed by atoms with Crippen molar-refractivity contribution in [1.82, 2.24) is 14.7 Å². The van der Waals surface area contributed by atoms with Crippen LogP contribution in [0.4, 0.5) is 0 Å². The van der Waals surface area contributed by atoms with Crippen molar-refractivity contribution in [2.75, 3.05) is 0 Å². The maximum atomic E-state index is 12.7. The first-order valence-electron chi connectivity index (χ1n) is 8.08. The van der Waals surface area contributed by atoms with E-state index >= 15 is 0 Å². The highest BCUT2D eigenvalue weighted by molar-refractivity contribution is 7.89. The van der Waals surface area contributed by atoms with Crippen LogP contribution in [-0.2, 0) is 29.4 Å². The Hall–Kier alpha value is -2.18. The predicted molar refractivity (Wildman–Crippen MR) is 95.3 cm³/mol. The lowest BCUT2D eigenvalue weighted by atomic mass is 10.1. The summed E-state index contributed by atoms with van der Waals surface area (Å²) >= 11 is 0. The van der Waals surface area contributed by atoms with E-state index in [4.69, 9.17) is 0 Å². The number of nitrogens with zero attached hydrogens (tertiary/aromatic N) is 1. The van der Waals surface area contributed by atoms with Crippen LogP contribution >= 0.6 is 0 Å². The second-order valence-corrected chi connectivity index (χ2v) is 7.41. The molecular formula is C18H21N3O2S. The number of aromatic amines is 1. The van der Waals surface area contributed by atoms with Gasteiger partial charge in [0, 0.05) is 0 Å². The molecule has 6 heteroatoms. The third-order valence-corrected chi connectivity index (χ3v) is 5.56. The van der Waals surface area contributed by atoms with Crippen molar-refractivity contribution in [2.45, 2.75) is 38.1 Å². The Morgan fingerprint density at radius 3 is 2.58 bits per heavy atom. The maximum absolute atomic E-state index is 12.7. The smallest absolute Gasteiger partial charge is 0.241 e. The lowest BCUT2D eigenvalue weighted by Gasteiger charge is -2.11. The van der Waals surface area contributed by atoms with Gasteiger partial charge in [0.15, 0.2) is 0 Å². The van der Waals surface area contributed by atoms with Crippen molar-refractivity contribution < 1.29 is 8.42 Å². The van der Waals surface area contributed by atoms with Crippen LogP contribution in [0.2, 0.25) is 0 Å². The van der Waals surface area contributed by atoms with Gasteiger partial charge in [0.1, 0.15) is 5.82 Å². The topological polar surface area (TPSA) is 74.8 Å². The summed E-state index contributed by atoms with van der Waals surface area (Å²) in [5, 5.41) is 0. The largest absolute Gasteiger partial charge is 0.341 e. The van der Waals surface area contributed by atoms with Crippen LogP contribution < -0.4 is 4.72 Å². The molecule has 3 aromatic rings. The summed E-state index contributed by atoms with van der Waals surface area (Å²) < 4.78 is 28.1. The summed E-state index contributed by atoms with van der Waals surface area (Å²) in [5.74, 6) is 0.601. The summed E-state index contributed by atoms with van der Waals surface area (Å²) in [6, 6.07) is 13.3. The first-order valence-corrected chi connectivity index (χ1v) is 9.57. The van der Waals surface area contributed by atoms with E-state index in [-0.39, 0.29) is 6.54 Å². The minimum absolute atomic E-state index is 0.135. The lowest BCUT2D eigenvalue weighted by molar-refractivity contribution is 0.578. The Morgan fingerprint density at radius 2 is 1.88 bits per heavy atom. The molecule has 0 atom stereocenters. The predicted octanol–water partition coefficient (Wildman–Crippen LogP) is 3.17.